The molecule has 0 spiro atoms. The molecule has 0 aliphatic heterocycles. The molecule has 118 valence electrons. The quantitative estimate of drug-likeness (QED) is 0.752. The van der Waals surface area contributed by atoms with Crippen LogP contribution in [0.2, 0.25) is 0 Å². The molecule has 0 bridgehead atoms. The predicted molar refractivity (Wildman–Crippen MR) is 93.3 cm³/mol. The predicted octanol–water partition coefficient (Wildman–Crippen LogP) is 3.51. The van der Waals surface area contributed by atoms with Gasteiger partial charge in [0, 0.05) is 11.6 Å². The van der Waals surface area contributed by atoms with Crippen molar-refractivity contribution in [2.24, 2.45) is 0 Å². The van der Waals surface area contributed by atoms with Gasteiger partial charge in [0.05, 0.1) is 17.6 Å². The summed E-state index contributed by atoms with van der Waals surface area (Å²) in [4.78, 5) is 16.0. The van der Waals surface area contributed by atoms with E-state index in [0.717, 1.165) is 22.0 Å². The highest BCUT2D eigenvalue weighted by Gasteiger charge is 2.01. The third-order valence-corrected chi connectivity index (χ3v) is 3.39. The molecular formula is C20H16N2O2. The molecule has 1 aromatic heterocycles. The summed E-state index contributed by atoms with van der Waals surface area (Å²) in [7, 11) is 0. The lowest BCUT2D eigenvalue weighted by molar-refractivity contribution is 0.141. The third kappa shape index (κ3) is 4.11. The minimum Gasteiger partial charge on any atom is -0.445 e. The number of benzene rings is 2. The number of nitrogens with zero attached hydrogens (tertiary/aromatic N) is 1. The molecule has 1 amide bonds. The van der Waals surface area contributed by atoms with Gasteiger partial charge in [0.1, 0.15) is 6.61 Å². The van der Waals surface area contributed by atoms with E-state index < -0.39 is 6.09 Å². The largest absolute Gasteiger partial charge is 0.445 e. The molecule has 1 heterocycles. The Hall–Kier alpha value is -3.32. The molecule has 3 rings (SSSR count). The van der Waals surface area contributed by atoms with E-state index in [1.165, 1.54) is 0 Å². The van der Waals surface area contributed by atoms with Gasteiger partial charge >= 0.3 is 6.09 Å². The zero-order valence-corrected chi connectivity index (χ0v) is 13.0. The maximum absolute atomic E-state index is 11.6. The summed E-state index contributed by atoms with van der Waals surface area (Å²) in [6.45, 7) is 0.462. The van der Waals surface area contributed by atoms with Crippen LogP contribution in [-0.4, -0.2) is 17.6 Å². The van der Waals surface area contributed by atoms with Gasteiger partial charge in [-0.05, 0) is 17.7 Å². The van der Waals surface area contributed by atoms with E-state index in [1.54, 1.807) is 6.20 Å². The second kappa shape index (κ2) is 7.80. The fraction of sp³-hybridized carbons (Fsp3) is 0.100. The summed E-state index contributed by atoms with van der Waals surface area (Å²) in [6.07, 6.45) is 1.26. The lowest BCUT2D eigenvalue weighted by Gasteiger charge is -2.04. The Morgan fingerprint density at radius 2 is 1.88 bits per heavy atom. The molecule has 0 atom stereocenters. The minimum atomic E-state index is -0.482. The van der Waals surface area contributed by atoms with E-state index in [9.17, 15) is 4.79 Å². The highest BCUT2D eigenvalue weighted by molar-refractivity contribution is 5.84. The van der Waals surface area contributed by atoms with E-state index in [-0.39, 0.29) is 13.2 Å². The molecule has 0 radical (unpaired) electrons. The number of nitrogens with one attached hydrogen (secondary N) is 1. The van der Waals surface area contributed by atoms with Crippen LogP contribution in [0.5, 0.6) is 0 Å². The number of para-hydroxylation sites is 1. The Morgan fingerprint density at radius 3 is 2.75 bits per heavy atom. The Labute approximate surface area is 140 Å². The average Bonchev–Trinajstić information content (AvgIpc) is 2.64. The summed E-state index contributed by atoms with van der Waals surface area (Å²) >= 11 is 0. The second-order valence-corrected chi connectivity index (χ2v) is 5.10. The van der Waals surface area contributed by atoms with Gasteiger partial charge in [-0.15, -0.1) is 0 Å². The number of aromatic nitrogens is 1. The number of hydrogen-bond acceptors (Lipinski definition) is 3. The molecule has 3 aromatic rings. The highest BCUT2D eigenvalue weighted by Crippen LogP contribution is 2.14. The summed E-state index contributed by atoms with van der Waals surface area (Å²) in [5, 5.41) is 3.66. The molecule has 2 aromatic carbocycles. The van der Waals surface area contributed by atoms with Crippen LogP contribution in [0.4, 0.5) is 4.79 Å². The van der Waals surface area contributed by atoms with Crippen molar-refractivity contribution in [1.29, 1.82) is 0 Å². The van der Waals surface area contributed by atoms with Gasteiger partial charge in [0.15, 0.2) is 0 Å². The van der Waals surface area contributed by atoms with Crippen molar-refractivity contribution < 1.29 is 9.53 Å². The van der Waals surface area contributed by atoms with Gasteiger partial charge in [-0.3, -0.25) is 4.98 Å². The van der Waals surface area contributed by atoms with Crippen molar-refractivity contribution >= 4 is 17.0 Å². The molecule has 4 nitrogen and oxygen atoms in total. The number of fused-ring (bicyclic) bond motifs is 1. The van der Waals surface area contributed by atoms with Crippen molar-refractivity contribution in [3.05, 3.63) is 78.0 Å². The van der Waals surface area contributed by atoms with Gasteiger partial charge in [-0.2, -0.15) is 0 Å². The second-order valence-electron chi connectivity index (χ2n) is 5.10. The Morgan fingerprint density at radius 1 is 1.04 bits per heavy atom. The van der Waals surface area contributed by atoms with E-state index >= 15 is 0 Å². The summed E-state index contributed by atoms with van der Waals surface area (Å²) < 4.78 is 5.12. The number of hydrogen-bond donors (Lipinski definition) is 1. The molecule has 4 heteroatoms. The van der Waals surface area contributed by atoms with Crippen molar-refractivity contribution in [3.8, 4) is 11.8 Å². The van der Waals surface area contributed by atoms with Gasteiger partial charge in [0.25, 0.3) is 0 Å². The van der Waals surface area contributed by atoms with Crippen LogP contribution in [0.25, 0.3) is 10.9 Å². The van der Waals surface area contributed by atoms with Gasteiger partial charge in [0.2, 0.25) is 0 Å². The topological polar surface area (TPSA) is 51.2 Å². The average molecular weight is 316 g/mol. The molecule has 0 aliphatic rings. The van der Waals surface area contributed by atoms with E-state index in [0.29, 0.717) is 0 Å². The summed E-state index contributed by atoms with van der Waals surface area (Å²) in [5.74, 6) is 5.95. The fourth-order valence-corrected chi connectivity index (χ4v) is 2.24. The van der Waals surface area contributed by atoms with Crippen molar-refractivity contribution in [3.63, 3.8) is 0 Å². The number of carbonyl (C=O) groups excluding carboxylic acids is 1. The number of pyridine rings is 1. The SMILES string of the molecule is O=C(NCC#Cc1cccc2cccnc12)OCc1ccccc1. The summed E-state index contributed by atoms with van der Waals surface area (Å²) in [5.41, 5.74) is 2.65. The maximum Gasteiger partial charge on any atom is 0.408 e. The minimum absolute atomic E-state index is 0.219. The van der Waals surface area contributed by atoms with Crippen LogP contribution in [0.3, 0.4) is 0 Å². The molecule has 1 N–H and O–H groups in total. The first kappa shape index (κ1) is 15.6. The maximum atomic E-state index is 11.6. The lowest BCUT2D eigenvalue weighted by Crippen LogP contribution is -2.24. The fourth-order valence-electron chi connectivity index (χ4n) is 2.24. The molecule has 0 saturated heterocycles. The van der Waals surface area contributed by atoms with E-state index in [2.05, 4.69) is 22.1 Å². The Bertz CT molecular complexity index is 890. The van der Waals surface area contributed by atoms with Crippen molar-refractivity contribution in [2.45, 2.75) is 6.61 Å². The normalized spacial score (nSPS) is 9.83. The standard InChI is InChI=1S/C20H16N2O2/c23-20(24-15-16-7-2-1-3-8-16)22-14-6-12-18-10-4-9-17-11-5-13-21-19(17)18/h1-5,7-11,13H,14-15H2,(H,22,23). The Balaban J connectivity index is 1.53. The van der Waals surface area contributed by atoms with Crippen LogP contribution < -0.4 is 5.32 Å². The molecule has 0 aliphatic carbocycles. The molecule has 0 fully saturated rings. The van der Waals surface area contributed by atoms with Crippen LogP contribution in [0.1, 0.15) is 11.1 Å². The first-order valence-electron chi connectivity index (χ1n) is 7.60. The van der Waals surface area contributed by atoms with Crippen LogP contribution in [0.15, 0.2) is 66.9 Å². The molecule has 24 heavy (non-hydrogen) atoms. The zero-order valence-electron chi connectivity index (χ0n) is 13.0. The smallest absolute Gasteiger partial charge is 0.408 e. The van der Waals surface area contributed by atoms with Crippen LogP contribution in [-0.2, 0) is 11.3 Å². The third-order valence-electron chi connectivity index (χ3n) is 3.39. The number of alkyl carbamates (subject to hydrolysis) is 1. The summed E-state index contributed by atoms with van der Waals surface area (Å²) in [6, 6.07) is 19.3. The van der Waals surface area contributed by atoms with Crippen molar-refractivity contribution in [2.75, 3.05) is 6.54 Å². The molecule has 0 unspecified atom stereocenters. The van der Waals surface area contributed by atoms with Gasteiger partial charge < -0.3 is 10.1 Å². The molecular weight excluding hydrogens is 300 g/mol. The zero-order chi connectivity index (χ0) is 16.6. The Kier molecular flexibility index (Phi) is 5.06. The molecule has 0 saturated carbocycles. The van der Waals surface area contributed by atoms with E-state index in [1.807, 2.05) is 60.7 Å². The number of ether oxygens (including phenoxy) is 1. The number of carbonyl (C=O) groups is 1. The first-order chi connectivity index (χ1) is 11.8. The number of rotatable bonds is 3. The van der Waals surface area contributed by atoms with Crippen LogP contribution in [0, 0.1) is 11.8 Å². The van der Waals surface area contributed by atoms with Gasteiger partial charge in [-0.25, -0.2) is 4.79 Å². The van der Waals surface area contributed by atoms with Crippen LogP contribution >= 0.6 is 0 Å². The van der Waals surface area contributed by atoms with Gasteiger partial charge in [-0.1, -0.05) is 60.4 Å². The highest BCUT2D eigenvalue weighted by atomic mass is 16.5. The van der Waals surface area contributed by atoms with Crippen molar-refractivity contribution in [1.82, 2.24) is 10.3 Å². The monoisotopic (exact) mass is 316 g/mol. The first-order valence-corrected chi connectivity index (χ1v) is 7.60. The number of amides is 1. The lowest BCUT2D eigenvalue weighted by atomic mass is 10.1. The van der Waals surface area contributed by atoms with E-state index in [4.69, 9.17) is 4.74 Å².